The van der Waals surface area contributed by atoms with Crippen LogP contribution in [0.5, 0.6) is 5.75 Å². The molecule has 0 saturated carbocycles. The van der Waals surface area contributed by atoms with Crippen molar-refractivity contribution in [2.75, 3.05) is 13.2 Å². The summed E-state index contributed by atoms with van der Waals surface area (Å²) in [5, 5.41) is 0.670. The number of guanidine groups is 2. The lowest BCUT2D eigenvalue weighted by Crippen LogP contribution is -2.45. The molecule has 7 heteroatoms. The topological polar surface area (TPSA) is 89.2 Å². The van der Waals surface area contributed by atoms with E-state index in [9.17, 15) is 0 Å². The lowest BCUT2D eigenvalue weighted by atomic mass is 10.1. The molecule has 0 fully saturated rings. The lowest BCUT2D eigenvalue weighted by molar-refractivity contribution is 0.233. The minimum absolute atomic E-state index is 0.177. The smallest absolute Gasteiger partial charge is 0.220 e. The van der Waals surface area contributed by atoms with Crippen LogP contribution in [0.1, 0.15) is 11.7 Å². The van der Waals surface area contributed by atoms with Gasteiger partial charge in [0, 0.05) is 5.02 Å². The number of nitrogens with zero attached hydrogens (tertiary/aromatic N) is 3. The number of nitrogens with two attached hydrogens (primary N) is 2. The van der Waals surface area contributed by atoms with Crippen LogP contribution in [0.4, 0.5) is 0 Å². The van der Waals surface area contributed by atoms with E-state index in [-0.39, 0.29) is 12.1 Å². The van der Waals surface area contributed by atoms with Gasteiger partial charge in [-0.05, 0) is 29.8 Å². The van der Waals surface area contributed by atoms with Crippen molar-refractivity contribution in [2.24, 2.45) is 21.5 Å². The maximum Gasteiger partial charge on any atom is 0.220 e. The number of ether oxygens (including phenoxy) is 1. The SMILES string of the molecule is NC1=NC(c2ccccc2)N(CCOc2ccc(Cl)cc2)C(N)=N1. The molecule has 0 saturated heterocycles. The van der Waals surface area contributed by atoms with Crippen LogP contribution in [-0.4, -0.2) is 30.0 Å². The first-order valence-electron chi connectivity index (χ1n) is 7.51. The van der Waals surface area contributed by atoms with E-state index in [2.05, 4.69) is 9.98 Å². The Hall–Kier alpha value is -2.73. The van der Waals surface area contributed by atoms with Crippen LogP contribution in [-0.2, 0) is 0 Å². The third-order valence-electron chi connectivity index (χ3n) is 3.59. The highest BCUT2D eigenvalue weighted by atomic mass is 35.5. The molecule has 0 bridgehead atoms. The summed E-state index contributed by atoms with van der Waals surface area (Å²) in [5.74, 6) is 1.25. The minimum Gasteiger partial charge on any atom is -0.492 e. The molecular weight excluding hydrogens is 326 g/mol. The molecule has 0 amide bonds. The molecule has 6 nitrogen and oxygen atoms in total. The Kier molecular flexibility index (Phi) is 4.86. The predicted octanol–water partition coefficient (Wildman–Crippen LogP) is 2.36. The minimum atomic E-state index is -0.308. The van der Waals surface area contributed by atoms with Gasteiger partial charge in [0.15, 0.2) is 6.17 Å². The van der Waals surface area contributed by atoms with E-state index < -0.39 is 0 Å². The Morgan fingerprint density at radius 3 is 2.46 bits per heavy atom. The van der Waals surface area contributed by atoms with Crippen LogP contribution in [0.15, 0.2) is 64.6 Å². The van der Waals surface area contributed by atoms with Crippen LogP contribution in [0.3, 0.4) is 0 Å². The second kappa shape index (κ2) is 7.23. The first-order valence-corrected chi connectivity index (χ1v) is 7.88. The Balaban J connectivity index is 1.69. The van der Waals surface area contributed by atoms with Gasteiger partial charge in [-0.2, -0.15) is 4.99 Å². The van der Waals surface area contributed by atoms with Crippen LogP contribution in [0.25, 0.3) is 0 Å². The van der Waals surface area contributed by atoms with Gasteiger partial charge in [-0.1, -0.05) is 41.9 Å². The molecule has 1 aliphatic heterocycles. The third kappa shape index (κ3) is 3.78. The average Bonchev–Trinajstić information content (AvgIpc) is 2.59. The average molecular weight is 344 g/mol. The zero-order chi connectivity index (χ0) is 16.9. The standard InChI is InChI=1S/C17H18ClN5O/c18-13-6-8-14(9-7-13)24-11-10-23-15(12-4-2-1-3-5-12)21-16(19)22-17(23)20/h1-9,15H,10-11H2,(H4,19,20,21,22). The molecule has 1 unspecified atom stereocenters. The monoisotopic (exact) mass is 343 g/mol. The molecule has 0 radical (unpaired) electrons. The first kappa shape index (κ1) is 16.1. The maximum absolute atomic E-state index is 6.04. The van der Waals surface area contributed by atoms with Crippen molar-refractivity contribution in [1.29, 1.82) is 0 Å². The molecule has 2 aromatic rings. The molecule has 0 aromatic heterocycles. The Morgan fingerprint density at radius 2 is 1.75 bits per heavy atom. The second-order valence-electron chi connectivity index (χ2n) is 5.24. The Bertz CT molecular complexity index is 745. The molecule has 0 spiro atoms. The summed E-state index contributed by atoms with van der Waals surface area (Å²) in [6.07, 6.45) is -0.308. The van der Waals surface area contributed by atoms with Crippen molar-refractivity contribution in [3.63, 3.8) is 0 Å². The van der Waals surface area contributed by atoms with Gasteiger partial charge in [-0.25, -0.2) is 4.99 Å². The number of rotatable bonds is 5. The maximum atomic E-state index is 6.04. The van der Waals surface area contributed by atoms with Gasteiger partial charge in [0.05, 0.1) is 6.54 Å². The summed E-state index contributed by atoms with van der Waals surface area (Å²) in [6.45, 7) is 0.949. The van der Waals surface area contributed by atoms with Crippen LogP contribution in [0, 0.1) is 0 Å². The number of benzene rings is 2. The number of halogens is 1. The van der Waals surface area contributed by atoms with Crippen molar-refractivity contribution in [2.45, 2.75) is 6.17 Å². The molecule has 1 atom stereocenters. The summed E-state index contributed by atoms with van der Waals surface area (Å²) in [7, 11) is 0. The molecular formula is C17H18ClN5O. The molecule has 1 heterocycles. The van der Waals surface area contributed by atoms with Gasteiger partial charge in [-0.15, -0.1) is 0 Å². The van der Waals surface area contributed by atoms with Crippen LogP contribution in [0.2, 0.25) is 5.02 Å². The van der Waals surface area contributed by atoms with Crippen molar-refractivity contribution in [3.05, 3.63) is 65.2 Å². The highest BCUT2D eigenvalue weighted by Gasteiger charge is 2.25. The van der Waals surface area contributed by atoms with Crippen LogP contribution >= 0.6 is 11.6 Å². The number of aliphatic imine (C=N–C) groups is 2. The molecule has 1 aliphatic rings. The normalized spacial score (nSPS) is 17.2. The van der Waals surface area contributed by atoms with Crippen molar-refractivity contribution in [3.8, 4) is 5.75 Å². The highest BCUT2D eigenvalue weighted by molar-refractivity contribution is 6.30. The summed E-state index contributed by atoms with van der Waals surface area (Å²) < 4.78 is 5.73. The van der Waals surface area contributed by atoms with E-state index in [0.717, 1.165) is 11.3 Å². The van der Waals surface area contributed by atoms with E-state index in [1.54, 1.807) is 12.1 Å². The molecule has 3 rings (SSSR count). The van der Waals surface area contributed by atoms with Crippen molar-refractivity contribution < 1.29 is 4.74 Å². The van der Waals surface area contributed by atoms with Gasteiger partial charge in [0.2, 0.25) is 11.9 Å². The zero-order valence-corrected chi connectivity index (χ0v) is 13.7. The van der Waals surface area contributed by atoms with E-state index in [1.165, 1.54) is 0 Å². The Labute approximate surface area is 145 Å². The van der Waals surface area contributed by atoms with Gasteiger partial charge < -0.3 is 21.1 Å². The molecule has 4 N–H and O–H groups in total. The van der Waals surface area contributed by atoms with Gasteiger partial charge in [0.25, 0.3) is 0 Å². The second-order valence-corrected chi connectivity index (χ2v) is 5.67. The van der Waals surface area contributed by atoms with Gasteiger partial charge in [0.1, 0.15) is 12.4 Å². The fourth-order valence-corrected chi connectivity index (χ4v) is 2.57. The summed E-state index contributed by atoms with van der Waals surface area (Å²) in [5.41, 5.74) is 12.8. The Morgan fingerprint density at radius 1 is 1.04 bits per heavy atom. The zero-order valence-electron chi connectivity index (χ0n) is 13.0. The summed E-state index contributed by atoms with van der Waals surface area (Å²) in [4.78, 5) is 10.3. The van der Waals surface area contributed by atoms with E-state index in [1.807, 2.05) is 47.4 Å². The fourth-order valence-electron chi connectivity index (χ4n) is 2.44. The highest BCUT2D eigenvalue weighted by Crippen LogP contribution is 2.24. The number of hydrogen-bond acceptors (Lipinski definition) is 6. The molecule has 0 aliphatic carbocycles. The predicted molar refractivity (Wildman–Crippen MR) is 96.1 cm³/mol. The number of hydrogen-bond donors (Lipinski definition) is 2. The summed E-state index contributed by atoms with van der Waals surface area (Å²) >= 11 is 5.86. The molecule has 2 aromatic carbocycles. The molecule has 24 heavy (non-hydrogen) atoms. The lowest BCUT2D eigenvalue weighted by Gasteiger charge is -2.32. The van der Waals surface area contributed by atoms with Crippen molar-refractivity contribution >= 4 is 23.5 Å². The van der Waals surface area contributed by atoms with E-state index in [0.29, 0.717) is 24.1 Å². The van der Waals surface area contributed by atoms with Crippen molar-refractivity contribution in [1.82, 2.24) is 4.90 Å². The van der Waals surface area contributed by atoms with Gasteiger partial charge in [-0.3, -0.25) is 0 Å². The van der Waals surface area contributed by atoms with Crippen LogP contribution < -0.4 is 16.2 Å². The largest absolute Gasteiger partial charge is 0.492 e. The van der Waals surface area contributed by atoms with E-state index in [4.69, 9.17) is 27.8 Å². The quantitative estimate of drug-likeness (QED) is 0.872. The van der Waals surface area contributed by atoms with Gasteiger partial charge >= 0.3 is 0 Å². The molecule has 124 valence electrons. The first-order chi connectivity index (χ1) is 11.6. The fraction of sp³-hybridized carbons (Fsp3) is 0.176. The van der Waals surface area contributed by atoms with E-state index >= 15 is 0 Å². The summed E-state index contributed by atoms with van der Waals surface area (Å²) in [6, 6.07) is 17.0. The third-order valence-corrected chi connectivity index (χ3v) is 3.84.